The standard InChI is InChI=1S/C27H25N3O3S/c31-26(22-12-7-19-33-22)28-24-14-13-23(34-24)27(32)30-17-15-29(16-18-30)25(20-8-3-1-4-9-20)21-10-5-2-6-11-21/h1-14,19,25H,15-18H2,(H,28,31). The summed E-state index contributed by atoms with van der Waals surface area (Å²) >= 11 is 1.28. The molecule has 1 saturated heterocycles. The second-order valence-electron chi connectivity index (χ2n) is 8.15. The Bertz CT molecular complexity index is 1190. The molecule has 2 amide bonds. The van der Waals surface area contributed by atoms with Gasteiger partial charge in [0, 0.05) is 26.2 Å². The molecule has 1 N–H and O–H groups in total. The third-order valence-electron chi connectivity index (χ3n) is 6.00. The van der Waals surface area contributed by atoms with Crippen LogP contribution >= 0.6 is 11.3 Å². The summed E-state index contributed by atoms with van der Waals surface area (Å²) in [5.41, 5.74) is 2.51. The molecule has 4 aromatic rings. The summed E-state index contributed by atoms with van der Waals surface area (Å²) in [5, 5.41) is 3.41. The number of hydrogen-bond acceptors (Lipinski definition) is 5. The Balaban J connectivity index is 1.24. The fourth-order valence-corrected chi connectivity index (χ4v) is 5.19. The van der Waals surface area contributed by atoms with Crippen molar-refractivity contribution in [3.63, 3.8) is 0 Å². The topological polar surface area (TPSA) is 65.8 Å². The van der Waals surface area contributed by atoms with Crippen molar-refractivity contribution in [2.45, 2.75) is 6.04 Å². The molecular formula is C27H25N3O3S. The number of anilines is 1. The number of amides is 2. The van der Waals surface area contributed by atoms with E-state index in [9.17, 15) is 9.59 Å². The van der Waals surface area contributed by atoms with Crippen molar-refractivity contribution in [1.29, 1.82) is 0 Å². The second-order valence-corrected chi connectivity index (χ2v) is 9.23. The van der Waals surface area contributed by atoms with E-state index in [0.29, 0.717) is 23.0 Å². The predicted octanol–water partition coefficient (Wildman–Crippen LogP) is 5.14. The number of piperazine rings is 1. The van der Waals surface area contributed by atoms with E-state index < -0.39 is 0 Å². The first-order chi connectivity index (χ1) is 16.7. The molecule has 6 nitrogen and oxygen atoms in total. The summed E-state index contributed by atoms with van der Waals surface area (Å²) in [4.78, 5) is 30.3. The van der Waals surface area contributed by atoms with Gasteiger partial charge in [-0.2, -0.15) is 0 Å². The maximum atomic E-state index is 13.1. The molecule has 0 saturated carbocycles. The number of nitrogens with one attached hydrogen (secondary N) is 1. The molecule has 34 heavy (non-hydrogen) atoms. The fourth-order valence-electron chi connectivity index (χ4n) is 4.33. The van der Waals surface area contributed by atoms with Gasteiger partial charge < -0.3 is 14.6 Å². The molecule has 2 aromatic carbocycles. The molecule has 3 heterocycles. The number of nitrogens with zero attached hydrogens (tertiary/aromatic N) is 2. The van der Waals surface area contributed by atoms with E-state index in [4.69, 9.17) is 4.42 Å². The van der Waals surface area contributed by atoms with Crippen LogP contribution in [0.25, 0.3) is 0 Å². The van der Waals surface area contributed by atoms with Gasteiger partial charge >= 0.3 is 0 Å². The molecule has 7 heteroatoms. The minimum absolute atomic E-state index is 0.000815. The van der Waals surface area contributed by atoms with Gasteiger partial charge in [0.25, 0.3) is 11.8 Å². The van der Waals surface area contributed by atoms with Crippen LogP contribution in [0.4, 0.5) is 5.00 Å². The summed E-state index contributed by atoms with van der Waals surface area (Å²) < 4.78 is 5.12. The van der Waals surface area contributed by atoms with Crippen molar-refractivity contribution in [3.8, 4) is 0 Å². The highest BCUT2D eigenvalue weighted by atomic mass is 32.1. The van der Waals surface area contributed by atoms with Crippen LogP contribution in [0.5, 0.6) is 0 Å². The van der Waals surface area contributed by atoms with Crippen LogP contribution in [0, 0.1) is 0 Å². The van der Waals surface area contributed by atoms with Crippen molar-refractivity contribution in [2.75, 3.05) is 31.5 Å². The van der Waals surface area contributed by atoms with Gasteiger partial charge in [-0.15, -0.1) is 11.3 Å². The number of thiophene rings is 1. The first-order valence-electron chi connectivity index (χ1n) is 11.3. The molecule has 0 unspecified atom stereocenters. The molecule has 0 bridgehead atoms. The molecule has 5 rings (SSSR count). The third-order valence-corrected chi connectivity index (χ3v) is 6.98. The number of furan rings is 1. The predicted molar refractivity (Wildman–Crippen MR) is 133 cm³/mol. The lowest BCUT2D eigenvalue weighted by Crippen LogP contribution is -2.49. The van der Waals surface area contributed by atoms with Gasteiger partial charge in [0.15, 0.2) is 5.76 Å². The van der Waals surface area contributed by atoms with E-state index in [2.05, 4.69) is 58.7 Å². The van der Waals surface area contributed by atoms with Gasteiger partial charge in [0.1, 0.15) is 0 Å². The molecule has 1 fully saturated rings. The molecule has 0 radical (unpaired) electrons. The highest BCUT2D eigenvalue weighted by Crippen LogP contribution is 2.30. The molecule has 2 aromatic heterocycles. The van der Waals surface area contributed by atoms with Crippen molar-refractivity contribution < 1.29 is 14.0 Å². The maximum Gasteiger partial charge on any atom is 0.291 e. The van der Waals surface area contributed by atoms with Crippen LogP contribution in [0.15, 0.2) is 95.6 Å². The largest absolute Gasteiger partial charge is 0.459 e. The van der Waals surface area contributed by atoms with Crippen LogP contribution in [0.2, 0.25) is 0 Å². The Labute approximate surface area is 202 Å². The zero-order chi connectivity index (χ0) is 23.3. The molecule has 172 valence electrons. The average Bonchev–Trinajstić information content (AvgIpc) is 3.59. The van der Waals surface area contributed by atoms with Crippen LogP contribution in [0.3, 0.4) is 0 Å². The van der Waals surface area contributed by atoms with E-state index in [1.54, 1.807) is 24.3 Å². The summed E-state index contributed by atoms with van der Waals surface area (Å²) in [5.74, 6) is -0.0877. The number of benzene rings is 2. The molecule has 1 aliphatic rings. The molecule has 0 atom stereocenters. The summed E-state index contributed by atoms with van der Waals surface area (Å²) in [6, 6.07) is 28.0. The number of carbonyl (C=O) groups excluding carboxylic acids is 2. The Morgan fingerprint density at radius 1 is 0.794 bits per heavy atom. The van der Waals surface area contributed by atoms with Crippen molar-refractivity contribution >= 4 is 28.2 Å². The Kier molecular flexibility index (Phi) is 6.56. The van der Waals surface area contributed by atoms with Crippen molar-refractivity contribution in [1.82, 2.24) is 9.80 Å². The number of carbonyl (C=O) groups is 2. The quantitative estimate of drug-likeness (QED) is 0.423. The highest BCUT2D eigenvalue weighted by Gasteiger charge is 2.29. The molecule has 1 aliphatic heterocycles. The monoisotopic (exact) mass is 471 g/mol. The van der Waals surface area contributed by atoms with E-state index >= 15 is 0 Å². The van der Waals surface area contributed by atoms with Gasteiger partial charge in [-0.25, -0.2) is 0 Å². The Hall–Kier alpha value is -3.68. The van der Waals surface area contributed by atoms with Crippen LogP contribution in [-0.2, 0) is 0 Å². The number of hydrogen-bond donors (Lipinski definition) is 1. The Morgan fingerprint density at radius 2 is 1.44 bits per heavy atom. The van der Waals surface area contributed by atoms with E-state index in [0.717, 1.165) is 13.1 Å². The maximum absolute atomic E-state index is 13.1. The minimum atomic E-state index is -0.327. The van der Waals surface area contributed by atoms with Gasteiger partial charge in [0.2, 0.25) is 0 Å². The smallest absolute Gasteiger partial charge is 0.291 e. The summed E-state index contributed by atoms with van der Waals surface area (Å²) in [6.45, 7) is 2.88. The van der Waals surface area contributed by atoms with Gasteiger partial charge in [-0.3, -0.25) is 14.5 Å². The SMILES string of the molecule is O=C(Nc1ccc(C(=O)N2CCN(C(c3ccccc3)c3ccccc3)CC2)s1)c1ccco1. The minimum Gasteiger partial charge on any atom is -0.459 e. The zero-order valence-electron chi connectivity index (χ0n) is 18.6. The van der Waals surface area contributed by atoms with Crippen LogP contribution < -0.4 is 5.32 Å². The van der Waals surface area contributed by atoms with E-state index in [-0.39, 0.29) is 23.6 Å². The van der Waals surface area contributed by atoms with Crippen molar-refractivity contribution in [3.05, 3.63) is 113 Å². The van der Waals surface area contributed by atoms with Crippen LogP contribution in [-0.4, -0.2) is 47.8 Å². The van der Waals surface area contributed by atoms with Gasteiger partial charge in [-0.1, -0.05) is 60.7 Å². The normalized spacial score (nSPS) is 14.3. The molecule has 0 aliphatic carbocycles. The summed E-state index contributed by atoms with van der Waals surface area (Å²) in [6.07, 6.45) is 1.46. The lowest BCUT2D eigenvalue weighted by Gasteiger charge is -2.39. The third kappa shape index (κ3) is 4.81. The lowest BCUT2D eigenvalue weighted by molar-refractivity contribution is 0.0602. The Morgan fingerprint density at radius 3 is 2.03 bits per heavy atom. The molecular weight excluding hydrogens is 446 g/mol. The average molecular weight is 472 g/mol. The fraction of sp³-hybridized carbons (Fsp3) is 0.185. The molecule has 0 spiro atoms. The van der Waals surface area contributed by atoms with Gasteiger partial charge in [0.05, 0.1) is 22.2 Å². The van der Waals surface area contributed by atoms with Crippen molar-refractivity contribution in [2.24, 2.45) is 0 Å². The number of rotatable bonds is 6. The first-order valence-corrected chi connectivity index (χ1v) is 12.1. The van der Waals surface area contributed by atoms with E-state index in [1.807, 2.05) is 17.0 Å². The highest BCUT2D eigenvalue weighted by molar-refractivity contribution is 7.18. The van der Waals surface area contributed by atoms with E-state index in [1.165, 1.54) is 28.7 Å². The van der Waals surface area contributed by atoms with Gasteiger partial charge in [-0.05, 0) is 35.4 Å². The summed E-state index contributed by atoms with van der Waals surface area (Å²) in [7, 11) is 0. The second kappa shape index (κ2) is 10.1. The van der Waals surface area contributed by atoms with Crippen LogP contribution in [0.1, 0.15) is 37.4 Å². The zero-order valence-corrected chi connectivity index (χ0v) is 19.4. The first kappa shape index (κ1) is 22.1. The lowest BCUT2D eigenvalue weighted by atomic mass is 9.96.